The van der Waals surface area contributed by atoms with Gasteiger partial charge in [-0.15, -0.1) is 0 Å². The number of aliphatic hydroxyl groups is 1. The molecule has 0 spiro atoms. The van der Waals surface area contributed by atoms with Gasteiger partial charge in [0.2, 0.25) is 0 Å². The van der Waals surface area contributed by atoms with Crippen LogP contribution in [0.2, 0.25) is 0 Å². The Bertz CT molecular complexity index is 1120. The first-order valence-corrected chi connectivity index (χ1v) is 12.2. The molecule has 0 bridgehead atoms. The summed E-state index contributed by atoms with van der Waals surface area (Å²) in [5, 5.41) is 11.2. The van der Waals surface area contributed by atoms with Crippen LogP contribution in [0, 0.1) is 0 Å². The van der Waals surface area contributed by atoms with Crippen LogP contribution in [0.4, 0.5) is 0 Å². The maximum Gasteiger partial charge on any atom is 0.295 e. The second-order valence-electron chi connectivity index (χ2n) is 8.55. The average Bonchev–Trinajstić information content (AvgIpc) is 3.17. The van der Waals surface area contributed by atoms with Crippen molar-refractivity contribution in [3.05, 3.63) is 77.9 Å². The molecular formula is C28H32N2O6. The van der Waals surface area contributed by atoms with E-state index >= 15 is 0 Å². The Morgan fingerprint density at radius 2 is 1.83 bits per heavy atom. The highest BCUT2D eigenvalue weighted by Gasteiger charge is 2.46. The number of morpholine rings is 1. The van der Waals surface area contributed by atoms with Crippen molar-refractivity contribution in [1.82, 2.24) is 9.80 Å². The van der Waals surface area contributed by atoms with Crippen LogP contribution in [0.15, 0.2) is 66.8 Å². The third-order valence-corrected chi connectivity index (χ3v) is 6.29. The number of aliphatic hydroxyl groups excluding tert-OH is 1. The summed E-state index contributed by atoms with van der Waals surface area (Å²) < 4.78 is 17.0. The summed E-state index contributed by atoms with van der Waals surface area (Å²) in [6, 6.07) is 13.4. The first kappa shape index (κ1) is 25.5. The van der Waals surface area contributed by atoms with E-state index in [-0.39, 0.29) is 11.3 Å². The molecule has 2 aliphatic rings. The van der Waals surface area contributed by atoms with Gasteiger partial charge in [-0.2, -0.15) is 0 Å². The maximum atomic E-state index is 13.3. The highest BCUT2D eigenvalue weighted by Crippen LogP contribution is 2.42. The second kappa shape index (κ2) is 11.9. The number of likely N-dealkylation sites (tertiary alicyclic amines) is 1. The molecule has 1 amide bonds. The fraction of sp³-hybridized carbons (Fsp3) is 0.357. The Kier molecular flexibility index (Phi) is 8.40. The summed E-state index contributed by atoms with van der Waals surface area (Å²) in [5.41, 5.74) is 1.20. The van der Waals surface area contributed by atoms with Gasteiger partial charge in [-0.3, -0.25) is 14.5 Å². The predicted molar refractivity (Wildman–Crippen MR) is 136 cm³/mol. The van der Waals surface area contributed by atoms with Crippen molar-refractivity contribution >= 4 is 17.4 Å². The number of hydrogen-bond donors (Lipinski definition) is 1. The molecule has 0 aromatic heterocycles. The normalized spacial score (nSPS) is 19.9. The molecule has 36 heavy (non-hydrogen) atoms. The van der Waals surface area contributed by atoms with Gasteiger partial charge in [0.15, 0.2) is 11.5 Å². The van der Waals surface area contributed by atoms with Crippen molar-refractivity contribution in [3.8, 4) is 11.5 Å². The molecule has 2 aromatic rings. The SMILES string of the molecule is C=CCOc1ccc(C2/C(=C(\O)c3ccccc3)C(=O)C(=O)N2CCN2CCOCC2)cc1OCC. The number of rotatable bonds is 10. The molecule has 190 valence electrons. The second-order valence-corrected chi connectivity index (χ2v) is 8.55. The molecule has 8 nitrogen and oxygen atoms in total. The number of carbonyl (C=O) groups excluding carboxylic acids is 2. The Hall–Kier alpha value is -3.62. The summed E-state index contributed by atoms with van der Waals surface area (Å²) in [6.07, 6.45) is 1.64. The lowest BCUT2D eigenvalue weighted by Crippen LogP contribution is -2.42. The van der Waals surface area contributed by atoms with Crippen molar-refractivity contribution in [1.29, 1.82) is 0 Å². The first-order chi connectivity index (χ1) is 17.5. The zero-order valence-electron chi connectivity index (χ0n) is 20.5. The van der Waals surface area contributed by atoms with Gasteiger partial charge >= 0.3 is 0 Å². The third kappa shape index (κ3) is 5.45. The van der Waals surface area contributed by atoms with Crippen molar-refractivity contribution in [3.63, 3.8) is 0 Å². The maximum absolute atomic E-state index is 13.3. The molecule has 0 radical (unpaired) electrons. The first-order valence-electron chi connectivity index (χ1n) is 12.2. The fourth-order valence-electron chi connectivity index (χ4n) is 4.51. The molecule has 4 rings (SSSR count). The van der Waals surface area contributed by atoms with E-state index < -0.39 is 17.7 Å². The molecule has 0 saturated carbocycles. The van der Waals surface area contributed by atoms with Crippen LogP contribution in [-0.2, 0) is 14.3 Å². The summed E-state index contributed by atoms with van der Waals surface area (Å²) in [6.45, 7) is 10.0. The molecule has 2 aromatic carbocycles. The zero-order chi connectivity index (χ0) is 25.5. The Morgan fingerprint density at radius 1 is 1.08 bits per heavy atom. The van der Waals surface area contributed by atoms with Crippen molar-refractivity contribution in [2.45, 2.75) is 13.0 Å². The van der Waals surface area contributed by atoms with Gasteiger partial charge in [-0.05, 0) is 24.6 Å². The van der Waals surface area contributed by atoms with Crippen LogP contribution in [0.1, 0.15) is 24.1 Å². The summed E-state index contributed by atoms with van der Waals surface area (Å²) >= 11 is 0. The molecule has 0 aliphatic carbocycles. The van der Waals surface area contributed by atoms with E-state index in [4.69, 9.17) is 14.2 Å². The number of benzene rings is 2. The number of Topliss-reactive ketones (excluding diaryl/α,β-unsaturated/α-hetero) is 1. The van der Waals surface area contributed by atoms with Gasteiger partial charge < -0.3 is 24.2 Å². The molecule has 1 unspecified atom stereocenters. The van der Waals surface area contributed by atoms with Gasteiger partial charge in [-0.1, -0.05) is 49.1 Å². The van der Waals surface area contributed by atoms with Crippen LogP contribution in [0.5, 0.6) is 11.5 Å². The Morgan fingerprint density at radius 3 is 2.53 bits per heavy atom. The number of carbonyl (C=O) groups is 2. The molecule has 2 aliphatic heterocycles. The number of hydrogen-bond acceptors (Lipinski definition) is 7. The lowest BCUT2D eigenvalue weighted by atomic mass is 9.95. The van der Waals surface area contributed by atoms with Crippen LogP contribution >= 0.6 is 0 Å². The smallest absolute Gasteiger partial charge is 0.295 e. The molecular weight excluding hydrogens is 460 g/mol. The van der Waals surface area contributed by atoms with Gasteiger partial charge in [0.05, 0.1) is 31.4 Å². The van der Waals surface area contributed by atoms with E-state index in [1.54, 1.807) is 53.4 Å². The molecule has 1 N–H and O–H groups in total. The standard InChI is InChI=1S/C28H32N2O6/c1-3-16-36-22-11-10-21(19-23(22)35-4-2)25-24(26(31)20-8-6-5-7-9-20)27(32)28(33)30(25)13-12-29-14-17-34-18-15-29/h3,5-11,19,25,31H,1,4,12-18H2,2H3/b26-24+. The van der Waals surface area contributed by atoms with Crippen molar-refractivity contribution in [2.24, 2.45) is 0 Å². The Labute approximate surface area is 211 Å². The lowest BCUT2D eigenvalue weighted by Gasteiger charge is -2.31. The summed E-state index contributed by atoms with van der Waals surface area (Å²) in [5.74, 6) is -0.495. The van der Waals surface area contributed by atoms with Crippen LogP contribution in [0.25, 0.3) is 5.76 Å². The predicted octanol–water partition coefficient (Wildman–Crippen LogP) is 3.40. The molecule has 2 saturated heterocycles. The highest BCUT2D eigenvalue weighted by atomic mass is 16.5. The number of ketones is 1. The monoisotopic (exact) mass is 492 g/mol. The van der Waals surface area contributed by atoms with Crippen LogP contribution in [0.3, 0.4) is 0 Å². The van der Waals surface area contributed by atoms with E-state index in [1.165, 1.54) is 0 Å². The molecule has 2 fully saturated rings. The van der Waals surface area contributed by atoms with Crippen molar-refractivity contribution < 1.29 is 28.9 Å². The van der Waals surface area contributed by atoms with Gasteiger partial charge in [-0.25, -0.2) is 0 Å². The van der Waals surface area contributed by atoms with Gasteiger partial charge in [0.1, 0.15) is 12.4 Å². The molecule has 8 heteroatoms. The minimum Gasteiger partial charge on any atom is -0.507 e. The molecule has 1 atom stereocenters. The number of nitrogens with zero attached hydrogens (tertiary/aromatic N) is 2. The summed E-state index contributed by atoms with van der Waals surface area (Å²) in [4.78, 5) is 30.3. The number of ether oxygens (including phenoxy) is 3. The minimum absolute atomic E-state index is 0.0652. The van der Waals surface area contributed by atoms with Crippen LogP contribution in [-0.4, -0.2) is 79.2 Å². The third-order valence-electron chi connectivity index (χ3n) is 6.29. The zero-order valence-corrected chi connectivity index (χ0v) is 20.5. The average molecular weight is 493 g/mol. The van der Waals surface area contributed by atoms with E-state index in [2.05, 4.69) is 11.5 Å². The summed E-state index contributed by atoms with van der Waals surface area (Å²) in [7, 11) is 0. The van der Waals surface area contributed by atoms with Gasteiger partial charge in [0, 0.05) is 31.7 Å². The van der Waals surface area contributed by atoms with Gasteiger partial charge in [0.25, 0.3) is 11.7 Å². The molecule has 2 heterocycles. The van der Waals surface area contributed by atoms with E-state index in [9.17, 15) is 14.7 Å². The lowest BCUT2D eigenvalue weighted by molar-refractivity contribution is -0.140. The topological polar surface area (TPSA) is 88.5 Å². The minimum atomic E-state index is -0.765. The van der Waals surface area contributed by atoms with E-state index in [1.807, 2.05) is 13.0 Å². The number of amides is 1. The van der Waals surface area contributed by atoms with Crippen molar-refractivity contribution in [2.75, 3.05) is 52.6 Å². The van der Waals surface area contributed by atoms with Crippen LogP contribution < -0.4 is 9.47 Å². The van der Waals surface area contributed by atoms with E-state index in [0.29, 0.717) is 62.1 Å². The largest absolute Gasteiger partial charge is 0.507 e. The quantitative estimate of drug-likeness (QED) is 0.235. The highest BCUT2D eigenvalue weighted by molar-refractivity contribution is 6.46. The Balaban J connectivity index is 1.76. The van der Waals surface area contributed by atoms with E-state index in [0.717, 1.165) is 13.1 Å². The fourth-order valence-corrected chi connectivity index (χ4v) is 4.51.